The van der Waals surface area contributed by atoms with Gasteiger partial charge in [0.15, 0.2) is 0 Å². The molecule has 0 bridgehead atoms. The van der Waals surface area contributed by atoms with E-state index in [0.717, 1.165) is 0 Å². The van der Waals surface area contributed by atoms with E-state index in [1.807, 2.05) is 0 Å². The molecule has 4 aromatic rings. The van der Waals surface area contributed by atoms with E-state index in [1.165, 1.54) is 25.8 Å². The minimum atomic E-state index is -0.339. The van der Waals surface area contributed by atoms with Crippen LogP contribution in [0.4, 0.5) is 0 Å². The van der Waals surface area contributed by atoms with Gasteiger partial charge in [-0.05, 0) is 57.0 Å². The lowest BCUT2D eigenvalue weighted by molar-refractivity contribution is 0.745. The molecule has 0 aliphatic rings. The largest absolute Gasteiger partial charge is 0.0701 e. The molecule has 0 N–H and O–H groups in total. The summed E-state index contributed by atoms with van der Waals surface area (Å²) < 4.78 is 1.24. The summed E-state index contributed by atoms with van der Waals surface area (Å²) in [5.41, 5.74) is 4.77. The molecule has 1 heteroatoms. The van der Waals surface area contributed by atoms with E-state index in [2.05, 4.69) is 138 Å². The number of rotatable bonds is 4. The molecule has 4 aromatic carbocycles. The van der Waals surface area contributed by atoms with Crippen LogP contribution in [0.1, 0.15) is 22.3 Å². The zero-order chi connectivity index (χ0) is 17.8. The van der Waals surface area contributed by atoms with Crippen LogP contribution in [-0.4, -0.2) is 0 Å². The van der Waals surface area contributed by atoms with Crippen LogP contribution in [-0.2, 0) is 5.41 Å². The molecule has 0 unspecified atom stereocenters. The molecule has 0 saturated heterocycles. The molecule has 0 nitrogen and oxygen atoms in total. The Balaban J connectivity index is 2.12. The summed E-state index contributed by atoms with van der Waals surface area (Å²) in [7, 11) is 0. The van der Waals surface area contributed by atoms with Gasteiger partial charge < -0.3 is 0 Å². The Morgan fingerprint density at radius 3 is 1.04 bits per heavy atom. The number of benzene rings is 4. The van der Waals surface area contributed by atoms with E-state index in [-0.39, 0.29) is 5.41 Å². The summed E-state index contributed by atoms with van der Waals surface area (Å²) in [6.45, 7) is 0. The monoisotopic (exact) mass is 446 g/mol. The normalized spacial score (nSPS) is 11.3. The molecule has 4 rings (SSSR count). The predicted octanol–water partition coefficient (Wildman–Crippen LogP) is 6.67. The number of halogens is 1. The molecule has 0 aromatic heterocycles. The molecule has 0 saturated carbocycles. The van der Waals surface area contributed by atoms with E-state index in [1.54, 1.807) is 0 Å². The quantitative estimate of drug-likeness (QED) is 0.243. The van der Waals surface area contributed by atoms with Crippen LogP contribution in [0.3, 0.4) is 0 Å². The van der Waals surface area contributed by atoms with Gasteiger partial charge >= 0.3 is 0 Å². The maximum Gasteiger partial charge on any atom is 0.0701 e. The van der Waals surface area contributed by atoms with Crippen molar-refractivity contribution in [3.05, 3.63) is 141 Å². The van der Waals surface area contributed by atoms with Gasteiger partial charge in [0.2, 0.25) is 0 Å². The SMILES string of the molecule is Ic1ccc(C(c2ccccc2)(c2ccccc2)c2ccccc2)cc1. The van der Waals surface area contributed by atoms with Crippen LogP contribution >= 0.6 is 22.6 Å². The first kappa shape index (κ1) is 17.0. The van der Waals surface area contributed by atoms with Gasteiger partial charge in [-0.1, -0.05) is 103 Å². The fraction of sp³-hybridized carbons (Fsp3) is 0.0400. The van der Waals surface area contributed by atoms with Gasteiger partial charge in [-0.15, -0.1) is 0 Å². The zero-order valence-electron chi connectivity index (χ0n) is 14.3. The fourth-order valence-electron chi connectivity index (χ4n) is 3.76. The first-order valence-electron chi connectivity index (χ1n) is 8.74. The smallest absolute Gasteiger partial charge is 0.0622 e. The van der Waals surface area contributed by atoms with Crippen molar-refractivity contribution in [3.63, 3.8) is 0 Å². The third-order valence-electron chi connectivity index (χ3n) is 4.90. The summed E-state index contributed by atoms with van der Waals surface area (Å²) in [5.74, 6) is 0. The van der Waals surface area contributed by atoms with Crippen molar-refractivity contribution in [3.8, 4) is 0 Å². The van der Waals surface area contributed by atoms with Crippen molar-refractivity contribution in [2.24, 2.45) is 0 Å². The topological polar surface area (TPSA) is 0 Å². The average molecular weight is 446 g/mol. The van der Waals surface area contributed by atoms with E-state index in [0.29, 0.717) is 0 Å². The molecule has 0 fully saturated rings. The Kier molecular flexibility index (Phi) is 4.89. The second-order valence-corrected chi connectivity index (χ2v) is 7.60. The zero-order valence-corrected chi connectivity index (χ0v) is 16.5. The molecule has 0 radical (unpaired) electrons. The Morgan fingerprint density at radius 1 is 0.385 bits per heavy atom. The van der Waals surface area contributed by atoms with Crippen LogP contribution in [0.2, 0.25) is 0 Å². The maximum absolute atomic E-state index is 2.37. The molecule has 0 heterocycles. The minimum absolute atomic E-state index is 0.339. The van der Waals surface area contributed by atoms with Gasteiger partial charge in [0.25, 0.3) is 0 Å². The summed E-state index contributed by atoms with van der Waals surface area (Å²) in [4.78, 5) is 0. The first-order chi connectivity index (χ1) is 12.8. The molecule has 126 valence electrons. The predicted molar refractivity (Wildman–Crippen MR) is 117 cm³/mol. The summed E-state index contributed by atoms with van der Waals surface area (Å²) in [6.07, 6.45) is 0. The third kappa shape index (κ3) is 2.97. The minimum Gasteiger partial charge on any atom is -0.0622 e. The second kappa shape index (κ2) is 7.46. The highest BCUT2D eigenvalue weighted by atomic mass is 127. The number of hydrogen-bond acceptors (Lipinski definition) is 0. The average Bonchev–Trinajstić information content (AvgIpc) is 2.72. The summed E-state index contributed by atoms with van der Waals surface area (Å²) in [5, 5.41) is 0. The standard InChI is InChI=1S/C25H19I/c26-24-18-16-23(17-19-24)25(20-10-4-1-5-11-20,21-12-6-2-7-13-21)22-14-8-3-9-15-22/h1-19H. The van der Waals surface area contributed by atoms with Crippen LogP contribution in [0.15, 0.2) is 115 Å². The lowest BCUT2D eigenvalue weighted by Gasteiger charge is -2.36. The van der Waals surface area contributed by atoms with Crippen LogP contribution < -0.4 is 0 Å². The molecule has 0 amide bonds. The van der Waals surface area contributed by atoms with E-state index in [4.69, 9.17) is 0 Å². The van der Waals surface area contributed by atoms with Gasteiger partial charge in [-0.25, -0.2) is 0 Å². The van der Waals surface area contributed by atoms with Crippen LogP contribution in [0.5, 0.6) is 0 Å². The van der Waals surface area contributed by atoms with Crippen LogP contribution in [0.25, 0.3) is 0 Å². The summed E-state index contributed by atoms with van der Waals surface area (Å²) in [6, 6.07) is 41.3. The first-order valence-corrected chi connectivity index (χ1v) is 9.82. The molecule has 0 aliphatic heterocycles. The van der Waals surface area contributed by atoms with Crippen molar-refractivity contribution in [2.75, 3.05) is 0 Å². The maximum atomic E-state index is 2.37. The highest BCUT2D eigenvalue weighted by Gasteiger charge is 2.37. The van der Waals surface area contributed by atoms with E-state index in [9.17, 15) is 0 Å². The van der Waals surface area contributed by atoms with Crippen molar-refractivity contribution in [1.82, 2.24) is 0 Å². The van der Waals surface area contributed by atoms with Gasteiger partial charge in [0.1, 0.15) is 0 Å². The number of hydrogen-bond donors (Lipinski definition) is 0. The Morgan fingerprint density at radius 2 is 0.692 bits per heavy atom. The van der Waals surface area contributed by atoms with Gasteiger partial charge in [-0.3, -0.25) is 0 Å². The van der Waals surface area contributed by atoms with Gasteiger partial charge in [0.05, 0.1) is 5.41 Å². The lowest BCUT2D eigenvalue weighted by atomic mass is 9.65. The molecule has 0 spiro atoms. The molecule has 26 heavy (non-hydrogen) atoms. The van der Waals surface area contributed by atoms with Crippen molar-refractivity contribution >= 4 is 22.6 Å². The molecular formula is C25H19I. The Bertz CT molecular complexity index is 862. The lowest BCUT2D eigenvalue weighted by Crippen LogP contribution is -2.30. The highest BCUT2D eigenvalue weighted by molar-refractivity contribution is 14.1. The third-order valence-corrected chi connectivity index (χ3v) is 5.62. The van der Waals surface area contributed by atoms with Crippen molar-refractivity contribution in [2.45, 2.75) is 5.41 Å². The van der Waals surface area contributed by atoms with Crippen molar-refractivity contribution < 1.29 is 0 Å². The molecular weight excluding hydrogens is 427 g/mol. The van der Waals surface area contributed by atoms with Gasteiger partial charge in [0, 0.05) is 3.57 Å². The Hall–Kier alpha value is -2.39. The van der Waals surface area contributed by atoms with Gasteiger partial charge in [-0.2, -0.15) is 0 Å². The Labute approximate surface area is 168 Å². The van der Waals surface area contributed by atoms with Crippen molar-refractivity contribution in [1.29, 1.82) is 0 Å². The van der Waals surface area contributed by atoms with E-state index < -0.39 is 0 Å². The van der Waals surface area contributed by atoms with E-state index >= 15 is 0 Å². The molecule has 0 atom stereocenters. The van der Waals surface area contributed by atoms with Crippen LogP contribution in [0, 0.1) is 3.57 Å². The summed E-state index contributed by atoms with van der Waals surface area (Å²) >= 11 is 2.37. The second-order valence-electron chi connectivity index (χ2n) is 6.35. The fourth-order valence-corrected chi connectivity index (χ4v) is 4.12. The molecule has 0 aliphatic carbocycles. The highest BCUT2D eigenvalue weighted by Crippen LogP contribution is 2.44.